The zero-order chi connectivity index (χ0) is 20.0. The van der Waals surface area contributed by atoms with E-state index in [2.05, 4.69) is 19.7 Å². The summed E-state index contributed by atoms with van der Waals surface area (Å²) in [6.07, 6.45) is 1.58. The van der Waals surface area contributed by atoms with E-state index >= 15 is 0 Å². The number of hydrogen-bond acceptors (Lipinski definition) is 9. The summed E-state index contributed by atoms with van der Waals surface area (Å²) >= 11 is 1.17. The number of methoxy groups -OCH3 is 2. The van der Waals surface area contributed by atoms with Gasteiger partial charge in [-0.1, -0.05) is 11.8 Å². The van der Waals surface area contributed by atoms with E-state index in [1.165, 1.54) is 44.2 Å². The van der Waals surface area contributed by atoms with Crippen LogP contribution in [-0.4, -0.2) is 52.6 Å². The quantitative estimate of drug-likeness (QED) is 0.397. The van der Waals surface area contributed by atoms with Gasteiger partial charge < -0.3 is 18.8 Å². The van der Waals surface area contributed by atoms with Crippen molar-refractivity contribution in [3.63, 3.8) is 0 Å². The minimum atomic E-state index is -0.669. The molecule has 0 fully saturated rings. The van der Waals surface area contributed by atoms with Crippen molar-refractivity contribution in [3.8, 4) is 5.75 Å². The number of thioether (sulfide) groups is 1. The van der Waals surface area contributed by atoms with Gasteiger partial charge >= 0.3 is 17.9 Å². The summed E-state index contributed by atoms with van der Waals surface area (Å²) in [4.78, 5) is 35.7. The molecule has 0 N–H and O–H groups in total. The molecule has 10 heteroatoms. The van der Waals surface area contributed by atoms with Crippen LogP contribution in [0, 0.1) is 0 Å². The molecule has 0 radical (unpaired) electrons. The van der Waals surface area contributed by atoms with Gasteiger partial charge in [0, 0.05) is 6.04 Å². The molecule has 0 amide bonds. The van der Waals surface area contributed by atoms with Crippen LogP contribution < -0.4 is 4.74 Å². The Hall–Kier alpha value is -2.88. The molecule has 0 aliphatic rings. The topological polar surface area (TPSA) is 110 Å². The normalized spacial score (nSPS) is 10.6. The highest BCUT2D eigenvalue weighted by Gasteiger charge is 2.17. The number of nitrogens with zero attached hydrogens (tertiary/aromatic N) is 3. The molecule has 0 saturated carbocycles. The summed E-state index contributed by atoms with van der Waals surface area (Å²) in [6, 6.07) is 4.09. The molecule has 0 spiro atoms. The second-order valence-corrected chi connectivity index (χ2v) is 6.55. The monoisotopic (exact) mass is 393 g/mol. The Labute approximate surface area is 160 Å². The molecule has 9 nitrogen and oxygen atoms in total. The van der Waals surface area contributed by atoms with Crippen LogP contribution in [-0.2, 0) is 14.3 Å². The van der Waals surface area contributed by atoms with Gasteiger partial charge in [-0.3, -0.25) is 4.79 Å². The molecule has 1 aromatic heterocycles. The maximum Gasteiger partial charge on any atom is 0.338 e. The Balaban J connectivity index is 2.12. The number of aromatic nitrogens is 3. The van der Waals surface area contributed by atoms with Crippen molar-refractivity contribution < 1.29 is 28.6 Å². The molecule has 1 aromatic carbocycles. The highest BCUT2D eigenvalue weighted by Crippen LogP contribution is 2.22. The molecular formula is C17H19N3O6S. The Morgan fingerprint density at radius 1 is 1.07 bits per heavy atom. The van der Waals surface area contributed by atoms with E-state index in [9.17, 15) is 14.4 Å². The molecule has 0 atom stereocenters. The Kier molecular flexibility index (Phi) is 6.94. The number of carbonyl (C=O) groups excluding carboxylic acids is 3. The lowest BCUT2D eigenvalue weighted by molar-refractivity contribution is -0.131. The highest BCUT2D eigenvalue weighted by molar-refractivity contribution is 7.99. The second kappa shape index (κ2) is 9.17. The third-order valence-electron chi connectivity index (χ3n) is 3.40. The first-order chi connectivity index (χ1) is 12.8. The first kappa shape index (κ1) is 20.4. The van der Waals surface area contributed by atoms with Crippen molar-refractivity contribution in [1.82, 2.24) is 14.8 Å². The molecule has 0 bridgehead atoms. The Morgan fingerprint density at radius 3 is 2.19 bits per heavy atom. The molecule has 0 aliphatic heterocycles. The molecule has 2 aromatic rings. The van der Waals surface area contributed by atoms with Crippen LogP contribution in [0.25, 0.3) is 0 Å². The first-order valence-electron chi connectivity index (χ1n) is 7.90. The summed E-state index contributed by atoms with van der Waals surface area (Å²) < 4.78 is 16.4. The Morgan fingerprint density at radius 2 is 1.67 bits per heavy atom. The summed E-state index contributed by atoms with van der Waals surface area (Å²) in [5.74, 6) is -1.90. The largest absolute Gasteiger partial charge is 0.465 e. The van der Waals surface area contributed by atoms with Crippen molar-refractivity contribution in [2.45, 2.75) is 25.0 Å². The predicted octanol–water partition coefficient (Wildman–Crippen LogP) is 2.13. The van der Waals surface area contributed by atoms with Crippen molar-refractivity contribution in [3.05, 3.63) is 35.7 Å². The van der Waals surface area contributed by atoms with Crippen LogP contribution in [0.5, 0.6) is 5.75 Å². The second-order valence-electron chi connectivity index (χ2n) is 5.61. The number of rotatable bonds is 7. The minimum Gasteiger partial charge on any atom is -0.465 e. The van der Waals surface area contributed by atoms with Gasteiger partial charge in [-0.15, -0.1) is 10.2 Å². The van der Waals surface area contributed by atoms with Crippen LogP contribution in [0.3, 0.4) is 0 Å². The molecule has 1 heterocycles. The average Bonchev–Trinajstić information content (AvgIpc) is 3.13. The summed E-state index contributed by atoms with van der Waals surface area (Å²) in [6.45, 7) is 3.94. The number of esters is 3. The zero-order valence-corrected chi connectivity index (χ0v) is 16.1. The average molecular weight is 393 g/mol. The Bertz CT molecular complexity index is 815. The van der Waals surface area contributed by atoms with Gasteiger partial charge in [0.2, 0.25) is 0 Å². The maximum atomic E-state index is 12.2. The van der Waals surface area contributed by atoms with Gasteiger partial charge in [0.05, 0.1) is 31.1 Å². The fraction of sp³-hybridized carbons (Fsp3) is 0.353. The van der Waals surface area contributed by atoms with Gasteiger partial charge in [0.25, 0.3) is 0 Å². The van der Waals surface area contributed by atoms with E-state index in [1.807, 2.05) is 18.4 Å². The third kappa shape index (κ3) is 5.30. The number of ether oxygens (including phenoxy) is 3. The molecule has 27 heavy (non-hydrogen) atoms. The van der Waals surface area contributed by atoms with E-state index in [0.29, 0.717) is 5.16 Å². The molecule has 144 valence electrons. The molecular weight excluding hydrogens is 374 g/mol. The lowest BCUT2D eigenvalue weighted by Gasteiger charge is -2.10. The third-order valence-corrected chi connectivity index (χ3v) is 4.33. The molecule has 2 rings (SSSR count). The van der Waals surface area contributed by atoms with E-state index in [1.54, 1.807) is 6.33 Å². The van der Waals surface area contributed by atoms with Crippen molar-refractivity contribution in [1.29, 1.82) is 0 Å². The van der Waals surface area contributed by atoms with Crippen LogP contribution >= 0.6 is 11.8 Å². The first-order valence-corrected chi connectivity index (χ1v) is 8.89. The fourth-order valence-corrected chi connectivity index (χ4v) is 2.92. The summed E-state index contributed by atoms with van der Waals surface area (Å²) in [7, 11) is 2.42. The van der Waals surface area contributed by atoms with Gasteiger partial charge in [-0.2, -0.15) is 0 Å². The van der Waals surface area contributed by atoms with E-state index < -0.39 is 17.9 Å². The van der Waals surface area contributed by atoms with Crippen molar-refractivity contribution in [2.75, 3.05) is 20.0 Å². The molecule has 0 unspecified atom stereocenters. The fourth-order valence-electron chi connectivity index (χ4n) is 2.10. The lowest BCUT2D eigenvalue weighted by Crippen LogP contribution is -2.14. The highest BCUT2D eigenvalue weighted by atomic mass is 32.2. The van der Waals surface area contributed by atoms with Crippen LogP contribution in [0.15, 0.2) is 29.7 Å². The van der Waals surface area contributed by atoms with Crippen molar-refractivity contribution in [2.24, 2.45) is 0 Å². The van der Waals surface area contributed by atoms with E-state index in [-0.39, 0.29) is 28.7 Å². The van der Waals surface area contributed by atoms with Crippen molar-refractivity contribution >= 4 is 29.7 Å². The zero-order valence-electron chi connectivity index (χ0n) is 15.3. The van der Waals surface area contributed by atoms with E-state index in [4.69, 9.17) is 4.74 Å². The van der Waals surface area contributed by atoms with Gasteiger partial charge in [-0.05, 0) is 32.0 Å². The number of hydrogen-bond donors (Lipinski definition) is 0. The van der Waals surface area contributed by atoms with Gasteiger partial charge in [0.15, 0.2) is 5.16 Å². The number of benzene rings is 1. The summed E-state index contributed by atoms with van der Waals surface area (Å²) in [5, 5.41) is 8.37. The smallest absolute Gasteiger partial charge is 0.338 e. The van der Waals surface area contributed by atoms with Crippen LogP contribution in [0.1, 0.15) is 40.6 Å². The lowest BCUT2D eigenvalue weighted by atomic mass is 10.1. The molecule has 0 aliphatic carbocycles. The molecule has 0 saturated heterocycles. The summed E-state index contributed by atoms with van der Waals surface area (Å²) in [5.41, 5.74) is 0.130. The SMILES string of the molecule is COC(=O)c1cc(OC(=O)CSc2nncn2C(C)C)cc(C(=O)OC)c1. The van der Waals surface area contributed by atoms with Crippen LogP contribution in [0.2, 0.25) is 0 Å². The standard InChI is InChI=1S/C17H19N3O6S/c1-10(2)20-9-18-19-17(20)27-8-14(21)26-13-6-11(15(22)24-3)5-12(7-13)16(23)25-4/h5-7,9-10H,8H2,1-4H3. The number of carbonyl (C=O) groups is 3. The maximum absolute atomic E-state index is 12.2. The van der Waals surface area contributed by atoms with Gasteiger partial charge in [0.1, 0.15) is 12.1 Å². The van der Waals surface area contributed by atoms with Crippen LogP contribution in [0.4, 0.5) is 0 Å². The van der Waals surface area contributed by atoms with E-state index in [0.717, 1.165) is 0 Å². The van der Waals surface area contributed by atoms with Gasteiger partial charge in [-0.25, -0.2) is 9.59 Å². The predicted molar refractivity (Wildman–Crippen MR) is 95.9 cm³/mol. The minimum absolute atomic E-state index is 0.0264.